The number of nitrogens with zero attached hydrogens (tertiary/aromatic N) is 6. The van der Waals surface area contributed by atoms with Crippen molar-refractivity contribution in [2.45, 2.75) is 120 Å². The Morgan fingerprint density at radius 1 is 0.600 bits per heavy atom. The molecule has 70 heavy (non-hydrogen) atoms. The van der Waals surface area contributed by atoms with E-state index in [0.29, 0.717) is 72.2 Å². The van der Waals surface area contributed by atoms with Crippen LogP contribution in [0.2, 0.25) is 0 Å². The average Bonchev–Trinajstić information content (AvgIpc) is 4.00. The minimum Gasteiger partial charge on any atom is -0.410 e. The molecule has 4 saturated heterocycles. The van der Waals surface area contributed by atoms with Crippen LogP contribution in [0.1, 0.15) is 81.2 Å². The van der Waals surface area contributed by atoms with Gasteiger partial charge in [0.2, 0.25) is 5.91 Å². The van der Waals surface area contributed by atoms with Gasteiger partial charge in [0.05, 0.1) is 31.8 Å². The molecule has 0 radical (unpaired) electrons. The first kappa shape index (κ1) is 48.7. The molecule has 368 valence electrons. The Hall–Kier alpha value is -6.33. The van der Waals surface area contributed by atoms with E-state index in [-0.39, 0.29) is 55.4 Å². The first-order chi connectivity index (χ1) is 34.2. The van der Waals surface area contributed by atoms with Crippen LogP contribution in [0.15, 0.2) is 122 Å². The van der Waals surface area contributed by atoms with Crippen molar-refractivity contribution in [3.63, 3.8) is 0 Å². The number of piperidine rings is 2. The van der Waals surface area contributed by atoms with Gasteiger partial charge < -0.3 is 18.9 Å². The summed E-state index contributed by atoms with van der Waals surface area (Å²) in [5.74, 6) is 0.603. The van der Waals surface area contributed by atoms with Crippen LogP contribution in [0.5, 0.6) is 11.5 Å². The lowest BCUT2D eigenvalue weighted by atomic mass is 9.99. The molecule has 0 spiro atoms. The minimum absolute atomic E-state index is 0.0940. The van der Waals surface area contributed by atoms with E-state index in [1.54, 1.807) is 85.2 Å². The van der Waals surface area contributed by atoms with Crippen LogP contribution in [-0.2, 0) is 33.9 Å². The molecule has 4 atom stereocenters. The number of halogens is 2. The molecule has 0 N–H and O–H groups in total. The van der Waals surface area contributed by atoms with Crippen LogP contribution in [0.25, 0.3) is 0 Å². The van der Waals surface area contributed by atoms with Crippen molar-refractivity contribution in [3.05, 3.63) is 150 Å². The summed E-state index contributed by atoms with van der Waals surface area (Å²) < 4.78 is 52.3. The molecule has 1 aromatic heterocycles. The summed E-state index contributed by atoms with van der Waals surface area (Å²) in [5.41, 5.74) is 1.19. The van der Waals surface area contributed by atoms with E-state index in [2.05, 4.69) is 14.8 Å². The van der Waals surface area contributed by atoms with Crippen molar-refractivity contribution in [1.82, 2.24) is 29.2 Å². The lowest BCUT2D eigenvalue weighted by molar-refractivity contribution is -0.128. The fraction of sp³-hybridized carbons (Fsp3) is 0.426. The number of carbonyl (C=O) groups is 4. The number of imide groups is 2. The number of carbonyl (C=O) groups excluding carboxylic acids is 4. The van der Waals surface area contributed by atoms with E-state index < -0.39 is 12.2 Å². The van der Waals surface area contributed by atoms with Crippen LogP contribution in [0.3, 0.4) is 0 Å². The van der Waals surface area contributed by atoms with Crippen molar-refractivity contribution in [3.8, 4) is 11.5 Å². The van der Waals surface area contributed by atoms with Gasteiger partial charge in [0.25, 0.3) is 0 Å². The van der Waals surface area contributed by atoms with Crippen molar-refractivity contribution in [2.24, 2.45) is 0 Å². The van der Waals surface area contributed by atoms with Crippen LogP contribution in [-0.4, -0.2) is 116 Å². The zero-order valence-electron chi connectivity index (χ0n) is 39.2. The third kappa shape index (κ3) is 12.0. The van der Waals surface area contributed by atoms with Crippen LogP contribution in [0.4, 0.5) is 23.2 Å². The number of fused-ring (bicyclic) bond motifs is 5. The quantitative estimate of drug-likeness (QED) is 0.0936. The highest BCUT2D eigenvalue weighted by molar-refractivity contribution is 5.99. The van der Waals surface area contributed by atoms with Crippen LogP contribution >= 0.6 is 0 Å². The fourth-order valence-corrected chi connectivity index (χ4v) is 10.8. The van der Waals surface area contributed by atoms with Gasteiger partial charge in [-0.05, 0) is 101 Å². The lowest BCUT2D eigenvalue weighted by Crippen LogP contribution is -2.48. The first-order valence-electron chi connectivity index (χ1n) is 24.6. The van der Waals surface area contributed by atoms with E-state index >= 15 is 0 Å². The molecule has 10 rings (SSSR count). The van der Waals surface area contributed by atoms with E-state index in [1.165, 1.54) is 21.6 Å². The Morgan fingerprint density at radius 3 is 1.54 bits per heavy atom. The molecule has 4 aromatic carbocycles. The molecular weight excluding hydrogens is 899 g/mol. The molecule has 4 bridgehead atoms. The third-order valence-corrected chi connectivity index (χ3v) is 14.2. The minimum atomic E-state index is -0.773. The summed E-state index contributed by atoms with van der Waals surface area (Å²) in [7, 11) is 0. The first-order valence-corrected chi connectivity index (χ1v) is 24.6. The van der Waals surface area contributed by atoms with Crippen LogP contribution < -0.4 is 9.47 Å². The smallest absolute Gasteiger partial charge is 0.410 e. The summed E-state index contributed by atoms with van der Waals surface area (Å²) >= 11 is 0. The summed E-state index contributed by atoms with van der Waals surface area (Å²) in [6.45, 7) is 2.79. The average molecular weight is 959 g/mol. The van der Waals surface area contributed by atoms with Gasteiger partial charge >= 0.3 is 18.2 Å². The number of ether oxygens (including phenoxy) is 4. The topological polar surface area (TPSA) is 136 Å². The molecule has 0 saturated carbocycles. The summed E-state index contributed by atoms with van der Waals surface area (Å²) in [6.07, 6.45) is 11.5. The standard InChI is InChI=1S/C31H33FN2O5.C23H27FN4O3/c32-29-15-8-7-10-23(29)22-37-28-20-24-16-17-25(21-28)33(24)18-9-19-34(30(35)38-26-11-3-1-4-12-26)31(36)39-27-13-5-2-6-14-27;24-20-5-2-1-4-16(20)15-31-19-12-17-6-7-18(13-19)26(17)9-3-10-28-22(29)14-21-25-8-11-27(21)23(28)30/h1-8,10-15,24-25,28H,9,16-22H2;1-2,4-5,8,11,17-19H,3,6-7,9-10,12-15H2. The molecule has 14 nitrogen and oxygen atoms in total. The van der Waals surface area contributed by atoms with Gasteiger partial charge in [-0.2, -0.15) is 0 Å². The molecule has 4 amide bonds. The van der Waals surface area contributed by atoms with Gasteiger partial charge in [-0.25, -0.2) is 33.0 Å². The second-order valence-electron chi connectivity index (χ2n) is 18.7. The Morgan fingerprint density at radius 2 is 1.06 bits per heavy atom. The zero-order chi connectivity index (χ0) is 48.4. The highest BCUT2D eigenvalue weighted by atomic mass is 19.1. The molecular formula is C54H60F2N6O8. The number of imidazole rings is 1. The Bertz CT molecular complexity index is 2490. The van der Waals surface area contributed by atoms with Gasteiger partial charge in [-0.3, -0.25) is 24.1 Å². The number of hydrogen-bond donors (Lipinski definition) is 0. The molecule has 5 aliphatic rings. The normalized spacial score (nSPS) is 22.8. The van der Waals surface area contributed by atoms with E-state index in [1.807, 2.05) is 24.3 Å². The second-order valence-corrected chi connectivity index (χ2v) is 18.7. The number of aromatic nitrogens is 2. The van der Waals surface area contributed by atoms with Crippen molar-refractivity contribution >= 4 is 24.1 Å². The Balaban J connectivity index is 0.000000178. The maximum absolute atomic E-state index is 14.0. The predicted molar refractivity (Wildman–Crippen MR) is 255 cm³/mol. The van der Waals surface area contributed by atoms with Crippen molar-refractivity contribution < 1.29 is 46.9 Å². The van der Waals surface area contributed by atoms with Gasteiger partial charge in [0.1, 0.15) is 29.0 Å². The number of hydrogen-bond acceptors (Lipinski definition) is 11. The van der Waals surface area contributed by atoms with E-state index in [9.17, 15) is 28.0 Å². The monoisotopic (exact) mass is 958 g/mol. The van der Waals surface area contributed by atoms with Gasteiger partial charge in [0.15, 0.2) is 0 Å². The predicted octanol–water partition coefficient (Wildman–Crippen LogP) is 9.41. The van der Waals surface area contributed by atoms with Crippen molar-refractivity contribution in [2.75, 3.05) is 26.2 Å². The largest absolute Gasteiger partial charge is 0.424 e. The molecule has 5 aliphatic heterocycles. The number of amides is 4. The number of rotatable bonds is 16. The number of benzene rings is 4. The SMILES string of the molecule is O=C(Oc1ccccc1)N(CCCN1C2CCC1CC(OCc1ccccc1F)C2)C(=O)Oc1ccccc1.O=C1Cc2nccn2C(=O)N1CCCN1C2CCC1CC(OCc1ccccc1F)C2. The highest BCUT2D eigenvalue weighted by Gasteiger charge is 2.42. The Kier molecular flexibility index (Phi) is 16.0. The van der Waals surface area contributed by atoms with Crippen LogP contribution in [0, 0.1) is 11.6 Å². The van der Waals surface area contributed by atoms with Crippen molar-refractivity contribution in [1.29, 1.82) is 0 Å². The third-order valence-electron chi connectivity index (χ3n) is 14.2. The molecule has 4 fully saturated rings. The molecule has 0 aliphatic carbocycles. The summed E-state index contributed by atoms with van der Waals surface area (Å²) in [5, 5.41) is 0. The zero-order valence-corrected chi connectivity index (χ0v) is 39.2. The molecule has 6 heterocycles. The molecule has 4 unspecified atom stereocenters. The Labute approximate surface area is 407 Å². The highest BCUT2D eigenvalue weighted by Crippen LogP contribution is 2.39. The maximum atomic E-state index is 14.0. The number of para-hydroxylation sites is 2. The second kappa shape index (κ2) is 23.1. The van der Waals surface area contributed by atoms with Gasteiger partial charge in [0, 0.05) is 73.9 Å². The fourth-order valence-electron chi connectivity index (χ4n) is 10.8. The van der Waals surface area contributed by atoms with Gasteiger partial charge in [-0.1, -0.05) is 72.8 Å². The van der Waals surface area contributed by atoms with E-state index in [4.69, 9.17) is 18.9 Å². The molecule has 5 aromatic rings. The van der Waals surface area contributed by atoms with Gasteiger partial charge in [-0.15, -0.1) is 0 Å². The lowest BCUT2D eigenvalue weighted by Gasteiger charge is -2.39. The summed E-state index contributed by atoms with van der Waals surface area (Å²) in [4.78, 5) is 62.2. The van der Waals surface area contributed by atoms with E-state index in [0.717, 1.165) is 75.8 Å². The molecule has 16 heteroatoms. The maximum Gasteiger partial charge on any atom is 0.424 e. The summed E-state index contributed by atoms with van der Waals surface area (Å²) in [6, 6.07) is 32.2.